The zero-order chi connectivity index (χ0) is 10.4. The Bertz CT molecular complexity index is 143. The van der Waals surface area contributed by atoms with Crippen LogP contribution in [0, 0.1) is 0 Å². The highest BCUT2D eigenvalue weighted by atomic mass is 16.5. The van der Waals surface area contributed by atoms with Crippen molar-refractivity contribution in [1.82, 2.24) is 4.90 Å². The van der Waals surface area contributed by atoms with Crippen molar-refractivity contribution in [3.05, 3.63) is 0 Å². The fourth-order valence-electron chi connectivity index (χ4n) is 1.98. The predicted molar refractivity (Wildman–Crippen MR) is 56.1 cm³/mol. The number of aliphatic hydroxyl groups is 1. The van der Waals surface area contributed by atoms with Gasteiger partial charge < -0.3 is 15.6 Å². The number of rotatable bonds is 5. The van der Waals surface area contributed by atoms with Crippen LogP contribution in [0.3, 0.4) is 0 Å². The van der Waals surface area contributed by atoms with E-state index in [1.54, 1.807) is 0 Å². The number of piperidine rings is 1. The first-order valence-electron chi connectivity index (χ1n) is 5.48. The van der Waals surface area contributed by atoms with E-state index in [9.17, 15) is 0 Å². The van der Waals surface area contributed by atoms with Gasteiger partial charge in [0.25, 0.3) is 0 Å². The molecule has 1 aliphatic rings. The number of hydrogen-bond acceptors (Lipinski definition) is 4. The van der Waals surface area contributed by atoms with Gasteiger partial charge in [-0.1, -0.05) is 0 Å². The Hall–Kier alpha value is -0.160. The van der Waals surface area contributed by atoms with E-state index in [2.05, 4.69) is 4.90 Å². The van der Waals surface area contributed by atoms with Crippen LogP contribution in [0.4, 0.5) is 0 Å². The summed E-state index contributed by atoms with van der Waals surface area (Å²) in [6.07, 6.45) is 2.53. The van der Waals surface area contributed by atoms with Gasteiger partial charge in [0, 0.05) is 32.3 Å². The molecule has 1 fully saturated rings. The highest BCUT2D eigenvalue weighted by molar-refractivity contribution is 4.78. The molecule has 1 heterocycles. The molecule has 1 unspecified atom stereocenters. The molecular weight excluding hydrogens is 180 g/mol. The molecule has 4 nitrogen and oxygen atoms in total. The van der Waals surface area contributed by atoms with Crippen LogP contribution in [0.2, 0.25) is 0 Å². The minimum absolute atomic E-state index is 0.137. The van der Waals surface area contributed by atoms with Crippen LogP contribution < -0.4 is 5.73 Å². The summed E-state index contributed by atoms with van der Waals surface area (Å²) < 4.78 is 5.56. The molecule has 1 rings (SSSR count). The smallest absolute Gasteiger partial charge is 0.0599 e. The van der Waals surface area contributed by atoms with Crippen LogP contribution in [0.5, 0.6) is 0 Å². The maximum Gasteiger partial charge on any atom is 0.0599 e. The quantitative estimate of drug-likeness (QED) is 0.648. The average Bonchev–Trinajstić information content (AvgIpc) is 2.23. The van der Waals surface area contributed by atoms with E-state index in [-0.39, 0.29) is 12.6 Å². The standard InChI is InChI=1S/C10H22N2O2/c1-2-14-10-3-5-12(6-4-10)9(7-11)8-13/h9-10,13H,2-8,11H2,1H3. The fraction of sp³-hybridized carbons (Fsp3) is 1.00. The van der Waals surface area contributed by atoms with E-state index >= 15 is 0 Å². The number of likely N-dealkylation sites (tertiary alicyclic amines) is 1. The lowest BCUT2D eigenvalue weighted by Gasteiger charge is -2.36. The summed E-state index contributed by atoms with van der Waals surface area (Å²) >= 11 is 0. The second kappa shape index (κ2) is 6.35. The average molecular weight is 202 g/mol. The Morgan fingerprint density at radius 1 is 1.50 bits per heavy atom. The van der Waals surface area contributed by atoms with Crippen molar-refractivity contribution < 1.29 is 9.84 Å². The van der Waals surface area contributed by atoms with Gasteiger partial charge in [-0.3, -0.25) is 4.90 Å². The van der Waals surface area contributed by atoms with Gasteiger partial charge in [-0.25, -0.2) is 0 Å². The summed E-state index contributed by atoms with van der Waals surface area (Å²) in [7, 11) is 0. The predicted octanol–water partition coefficient (Wildman–Crippen LogP) is -0.193. The van der Waals surface area contributed by atoms with E-state index in [1.165, 1.54) is 0 Å². The monoisotopic (exact) mass is 202 g/mol. The zero-order valence-electron chi connectivity index (χ0n) is 8.98. The van der Waals surface area contributed by atoms with Crippen LogP contribution in [0.25, 0.3) is 0 Å². The maximum absolute atomic E-state index is 9.09. The van der Waals surface area contributed by atoms with Gasteiger partial charge in [-0.2, -0.15) is 0 Å². The Balaban J connectivity index is 2.27. The molecule has 3 N–H and O–H groups in total. The topological polar surface area (TPSA) is 58.7 Å². The second-order valence-corrected chi connectivity index (χ2v) is 3.76. The first-order chi connectivity index (χ1) is 6.81. The molecule has 1 aliphatic heterocycles. The molecule has 0 radical (unpaired) electrons. The van der Waals surface area contributed by atoms with Crippen LogP contribution in [-0.4, -0.2) is 55.0 Å². The molecule has 0 amide bonds. The maximum atomic E-state index is 9.09. The lowest BCUT2D eigenvalue weighted by atomic mass is 10.1. The SMILES string of the molecule is CCOC1CCN(C(CN)CO)CC1. The number of nitrogens with two attached hydrogens (primary N) is 1. The Labute approximate surface area is 86.0 Å². The first-order valence-corrected chi connectivity index (χ1v) is 5.48. The Kier molecular flexibility index (Phi) is 5.40. The van der Waals surface area contributed by atoms with Crippen molar-refractivity contribution in [2.24, 2.45) is 5.73 Å². The summed E-state index contributed by atoms with van der Waals surface area (Å²) in [5.41, 5.74) is 5.57. The zero-order valence-corrected chi connectivity index (χ0v) is 8.98. The summed E-state index contributed by atoms with van der Waals surface area (Å²) in [5, 5.41) is 9.09. The van der Waals surface area contributed by atoms with Crippen LogP contribution in [-0.2, 0) is 4.74 Å². The van der Waals surface area contributed by atoms with Gasteiger partial charge in [0.2, 0.25) is 0 Å². The minimum atomic E-state index is 0.137. The van der Waals surface area contributed by atoms with Crippen LogP contribution in [0.15, 0.2) is 0 Å². The van der Waals surface area contributed by atoms with Gasteiger partial charge in [-0.05, 0) is 19.8 Å². The molecule has 0 aromatic carbocycles. The largest absolute Gasteiger partial charge is 0.395 e. The van der Waals surface area contributed by atoms with Crippen molar-refractivity contribution in [3.63, 3.8) is 0 Å². The highest BCUT2D eigenvalue weighted by Crippen LogP contribution is 2.15. The molecule has 0 aromatic heterocycles. The van der Waals surface area contributed by atoms with E-state index in [1.807, 2.05) is 6.92 Å². The van der Waals surface area contributed by atoms with Crippen molar-refractivity contribution in [2.45, 2.75) is 31.9 Å². The highest BCUT2D eigenvalue weighted by Gasteiger charge is 2.23. The first kappa shape index (κ1) is 11.9. The van der Waals surface area contributed by atoms with Crippen LogP contribution >= 0.6 is 0 Å². The summed E-state index contributed by atoms with van der Waals surface area (Å²) in [6, 6.07) is 0.137. The van der Waals surface area contributed by atoms with E-state index in [4.69, 9.17) is 15.6 Å². The lowest BCUT2D eigenvalue weighted by molar-refractivity contribution is -0.00201. The lowest BCUT2D eigenvalue weighted by Crippen LogP contribution is -2.48. The van der Waals surface area contributed by atoms with Gasteiger partial charge >= 0.3 is 0 Å². The molecule has 0 aliphatic carbocycles. The number of nitrogens with zero attached hydrogens (tertiary/aromatic N) is 1. The Morgan fingerprint density at radius 3 is 2.57 bits per heavy atom. The second-order valence-electron chi connectivity index (χ2n) is 3.76. The third kappa shape index (κ3) is 3.20. The molecule has 1 atom stereocenters. The van der Waals surface area contributed by atoms with Crippen LogP contribution in [0.1, 0.15) is 19.8 Å². The molecule has 0 bridgehead atoms. The Morgan fingerprint density at radius 2 is 2.14 bits per heavy atom. The van der Waals surface area contributed by atoms with E-state index in [0.717, 1.165) is 32.5 Å². The third-order valence-electron chi connectivity index (χ3n) is 2.88. The fourth-order valence-corrected chi connectivity index (χ4v) is 1.98. The van der Waals surface area contributed by atoms with Gasteiger partial charge in [0.15, 0.2) is 0 Å². The molecule has 84 valence electrons. The van der Waals surface area contributed by atoms with Crippen molar-refractivity contribution in [2.75, 3.05) is 32.8 Å². The summed E-state index contributed by atoms with van der Waals surface area (Å²) in [6.45, 7) is 5.51. The molecular formula is C10H22N2O2. The third-order valence-corrected chi connectivity index (χ3v) is 2.88. The molecule has 0 saturated carbocycles. The van der Waals surface area contributed by atoms with E-state index in [0.29, 0.717) is 12.6 Å². The van der Waals surface area contributed by atoms with Crippen molar-refractivity contribution in [3.8, 4) is 0 Å². The van der Waals surface area contributed by atoms with Gasteiger partial charge in [0.05, 0.1) is 12.7 Å². The molecule has 0 aromatic rings. The van der Waals surface area contributed by atoms with Gasteiger partial charge in [0.1, 0.15) is 0 Å². The number of ether oxygens (including phenoxy) is 1. The normalized spacial score (nSPS) is 22.5. The van der Waals surface area contributed by atoms with Gasteiger partial charge in [-0.15, -0.1) is 0 Å². The van der Waals surface area contributed by atoms with E-state index < -0.39 is 0 Å². The van der Waals surface area contributed by atoms with Crippen molar-refractivity contribution >= 4 is 0 Å². The molecule has 1 saturated heterocycles. The minimum Gasteiger partial charge on any atom is -0.395 e. The number of hydrogen-bond donors (Lipinski definition) is 2. The number of aliphatic hydroxyl groups excluding tert-OH is 1. The molecule has 0 spiro atoms. The summed E-state index contributed by atoms with van der Waals surface area (Å²) in [4.78, 5) is 2.26. The molecule has 4 heteroatoms. The van der Waals surface area contributed by atoms with Crippen molar-refractivity contribution in [1.29, 1.82) is 0 Å². The molecule has 14 heavy (non-hydrogen) atoms. The summed E-state index contributed by atoms with van der Waals surface area (Å²) in [5.74, 6) is 0.